The number of halogens is 1. The quantitative estimate of drug-likeness (QED) is 0.689. The van der Waals surface area contributed by atoms with E-state index < -0.39 is 10.8 Å². The molecule has 0 aromatic carbocycles. The standard InChI is InChI=1S/C9H5ClN4O3S/c10-7-8(12-4-3-11-7)13-9(15)5-1-2-6(18-5)14(16)17/h1-4H,(H,12,13,15). The number of nitrogens with zero attached hydrogens (tertiary/aromatic N) is 3. The van der Waals surface area contributed by atoms with Gasteiger partial charge in [-0.25, -0.2) is 9.97 Å². The van der Waals surface area contributed by atoms with Crippen LogP contribution < -0.4 is 5.32 Å². The molecule has 1 N–H and O–H groups in total. The maximum Gasteiger partial charge on any atom is 0.324 e. The van der Waals surface area contributed by atoms with Gasteiger partial charge in [0.2, 0.25) is 0 Å². The van der Waals surface area contributed by atoms with Crippen molar-refractivity contribution in [1.82, 2.24) is 9.97 Å². The molecule has 7 nitrogen and oxygen atoms in total. The number of rotatable bonds is 3. The van der Waals surface area contributed by atoms with Crippen LogP contribution in [0.2, 0.25) is 5.15 Å². The topological polar surface area (TPSA) is 98.0 Å². The minimum absolute atomic E-state index is 0.0527. The SMILES string of the molecule is O=C(Nc1nccnc1Cl)c1ccc([N+](=O)[O-])s1. The maximum absolute atomic E-state index is 11.8. The van der Waals surface area contributed by atoms with Gasteiger partial charge >= 0.3 is 5.00 Å². The Morgan fingerprint density at radius 1 is 1.39 bits per heavy atom. The number of anilines is 1. The highest BCUT2D eigenvalue weighted by molar-refractivity contribution is 7.17. The molecule has 0 fully saturated rings. The largest absolute Gasteiger partial charge is 0.324 e. The summed E-state index contributed by atoms with van der Waals surface area (Å²) in [6.45, 7) is 0. The van der Waals surface area contributed by atoms with Crippen molar-refractivity contribution >= 4 is 39.7 Å². The summed E-state index contributed by atoms with van der Waals surface area (Å²) in [4.78, 5) is 29.5. The number of nitrogens with one attached hydrogen (secondary N) is 1. The van der Waals surface area contributed by atoms with Crippen molar-refractivity contribution in [2.24, 2.45) is 0 Å². The third-order valence-corrected chi connectivity index (χ3v) is 3.19. The molecule has 2 rings (SSSR count). The minimum Gasteiger partial charge on any atom is -0.303 e. The smallest absolute Gasteiger partial charge is 0.303 e. The fraction of sp³-hybridized carbons (Fsp3) is 0. The third-order valence-electron chi connectivity index (χ3n) is 1.88. The van der Waals surface area contributed by atoms with Crippen molar-refractivity contribution in [3.05, 3.63) is 44.7 Å². The van der Waals surface area contributed by atoms with Crippen molar-refractivity contribution in [2.75, 3.05) is 5.32 Å². The fourth-order valence-electron chi connectivity index (χ4n) is 1.12. The molecule has 0 bridgehead atoms. The zero-order chi connectivity index (χ0) is 13.1. The van der Waals surface area contributed by atoms with Crippen molar-refractivity contribution < 1.29 is 9.72 Å². The first-order valence-corrected chi connectivity index (χ1v) is 5.79. The Labute approximate surface area is 110 Å². The summed E-state index contributed by atoms with van der Waals surface area (Å²) in [5.74, 6) is -0.407. The predicted molar refractivity (Wildman–Crippen MR) is 66.0 cm³/mol. The predicted octanol–water partition coefficient (Wildman–Crippen LogP) is 2.35. The van der Waals surface area contributed by atoms with Crippen LogP contribution in [0.4, 0.5) is 10.8 Å². The third kappa shape index (κ3) is 2.60. The molecule has 2 aromatic rings. The minimum atomic E-state index is -0.559. The van der Waals surface area contributed by atoms with E-state index in [1.165, 1.54) is 24.5 Å². The Bertz CT molecular complexity index is 615. The first-order chi connectivity index (χ1) is 8.58. The summed E-state index contributed by atoms with van der Waals surface area (Å²) in [7, 11) is 0. The number of thiophene rings is 1. The summed E-state index contributed by atoms with van der Waals surface area (Å²) in [5.41, 5.74) is 0. The number of carbonyl (C=O) groups excluding carboxylic acids is 1. The van der Waals surface area contributed by atoms with Crippen LogP contribution in [0.3, 0.4) is 0 Å². The summed E-state index contributed by atoms with van der Waals surface area (Å²) in [6.07, 6.45) is 2.76. The normalized spacial score (nSPS) is 10.1. The second-order valence-electron chi connectivity index (χ2n) is 3.04. The first kappa shape index (κ1) is 12.4. The molecule has 1 amide bonds. The Hall–Kier alpha value is -2.06. The van der Waals surface area contributed by atoms with Crippen molar-refractivity contribution in [1.29, 1.82) is 0 Å². The lowest BCUT2D eigenvalue weighted by Crippen LogP contribution is -2.12. The molecule has 0 radical (unpaired) electrons. The van der Waals surface area contributed by atoms with Gasteiger partial charge in [-0.05, 0) is 6.07 Å². The molecule has 9 heteroatoms. The van der Waals surface area contributed by atoms with Gasteiger partial charge in [-0.2, -0.15) is 0 Å². The molecule has 0 spiro atoms. The molecule has 0 saturated carbocycles. The van der Waals surface area contributed by atoms with Gasteiger partial charge in [-0.15, -0.1) is 0 Å². The van der Waals surface area contributed by atoms with Crippen LogP contribution in [0.15, 0.2) is 24.5 Å². The summed E-state index contributed by atoms with van der Waals surface area (Å²) < 4.78 is 0. The molecule has 0 aliphatic heterocycles. The van der Waals surface area contributed by atoms with E-state index >= 15 is 0 Å². The van der Waals surface area contributed by atoms with Gasteiger partial charge in [-0.1, -0.05) is 22.9 Å². The fourth-order valence-corrected chi connectivity index (χ4v) is 1.99. The number of nitro groups is 1. The van der Waals surface area contributed by atoms with Gasteiger partial charge in [0, 0.05) is 18.5 Å². The second kappa shape index (κ2) is 5.07. The number of hydrogen-bond acceptors (Lipinski definition) is 6. The highest BCUT2D eigenvalue weighted by Crippen LogP contribution is 2.25. The number of aromatic nitrogens is 2. The molecule has 0 aliphatic carbocycles. The molecular formula is C9H5ClN4O3S. The van der Waals surface area contributed by atoms with E-state index in [0.717, 1.165) is 11.3 Å². The van der Waals surface area contributed by atoms with E-state index in [2.05, 4.69) is 15.3 Å². The molecule has 92 valence electrons. The molecule has 18 heavy (non-hydrogen) atoms. The summed E-state index contributed by atoms with van der Waals surface area (Å²) in [6, 6.07) is 2.63. The van der Waals surface area contributed by atoms with E-state index in [9.17, 15) is 14.9 Å². The average Bonchev–Trinajstić information content (AvgIpc) is 2.81. The van der Waals surface area contributed by atoms with Crippen LogP contribution in [0.1, 0.15) is 9.67 Å². The first-order valence-electron chi connectivity index (χ1n) is 4.60. The maximum atomic E-state index is 11.8. The zero-order valence-electron chi connectivity index (χ0n) is 8.66. The van der Waals surface area contributed by atoms with E-state index in [4.69, 9.17) is 11.6 Å². The van der Waals surface area contributed by atoms with E-state index in [-0.39, 0.29) is 20.8 Å². The summed E-state index contributed by atoms with van der Waals surface area (Å²) >= 11 is 6.49. The number of carbonyl (C=O) groups is 1. The molecule has 0 saturated heterocycles. The highest BCUT2D eigenvalue weighted by Gasteiger charge is 2.16. The van der Waals surface area contributed by atoms with Crippen LogP contribution >= 0.6 is 22.9 Å². The Morgan fingerprint density at radius 3 is 2.72 bits per heavy atom. The molecular weight excluding hydrogens is 280 g/mol. The lowest BCUT2D eigenvalue weighted by atomic mass is 10.4. The van der Waals surface area contributed by atoms with Crippen LogP contribution in [0.25, 0.3) is 0 Å². The van der Waals surface area contributed by atoms with E-state index in [1.807, 2.05) is 0 Å². The monoisotopic (exact) mass is 284 g/mol. The van der Waals surface area contributed by atoms with Crippen LogP contribution in [-0.2, 0) is 0 Å². The molecule has 0 aliphatic rings. The van der Waals surface area contributed by atoms with Crippen LogP contribution in [-0.4, -0.2) is 20.8 Å². The van der Waals surface area contributed by atoms with Crippen molar-refractivity contribution in [3.8, 4) is 0 Å². The van der Waals surface area contributed by atoms with Crippen LogP contribution in [0.5, 0.6) is 0 Å². The van der Waals surface area contributed by atoms with Gasteiger partial charge in [0.25, 0.3) is 5.91 Å². The lowest BCUT2D eigenvalue weighted by Gasteiger charge is -2.02. The number of amides is 1. The van der Waals surface area contributed by atoms with Gasteiger partial charge in [-0.3, -0.25) is 14.9 Å². The van der Waals surface area contributed by atoms with E-state index in [0.29, 0.717) is 0 Å². The van der Waals surface area contributed by atoms with Crippen LogP contribution in [0, 0.1) is 10.1 Å². The Kier molecular flexibility index (Phi) is 3.49. The average molecular weight is 285 g/mol. The number of hydrogen-bond donors (Lipinski definition) is 1. The highest BCUT2D eigenvalue weighted by atomic mass is 35.5. The molecule has 2 aromatic heterocycles. The van der Waals surface area contributed by atoms with Gasteiger partial charge in [0.1, 0.15) is 0 Å². The van der Waals surface area contributed by atoms with Crippen molar-refractivity contribution in [3.63, 3.8) is 0 Å². The van der Waals surface area contributed by atoms with Gasteiger partial charge < -0.3 is 5.32 Å². The zero-order valence-corrected chi connectivity index (χ0v) is 10.2. The molecule has 0 unspecified atom stereocenters. The lowest BCUT2D eigenvalue weighted by molar-refractivity contribution is -0.380. The Balaban J connectivity index is 2.17. The molecule has 0 atom stereocenters. The second-order valence-corrected chi connectivity index (χ2v) is 4.47. The molecule has 2 heterocycles. The van der Waals surface area contributed by atoms with E-state index in [1.54, 1.807) is 0 Å². The van der Waals surface area contributed by atoms with Crippen molar-refractivity contribution in [2.45, 2.75) is 0 Å². The summed E-state index contributed by atoms with van der Waals surface area (Å²) in [5, 5.41) is 12.9. The van der Waals surface area contributed by atoms with Gasteiger partial charge in [0.05, 0.1) is 9.80 Å². The van der Waals surface area contributed by atoms with Gasteiger partial charge in [0.15, 0.2) is 11.0 Å². The Morgan fingerprint density at radius 2 is 2.11 bits per heavy atom.